The summed E-state index contributed by atoms with van der Waals surface area (Å²) in [5.41, 5.74) is 9.52. The van der Waals surface area contributed by atoms with Gasteiger partial charge in [-0.2, -0.15) is 0 Å². The number of nitrogen functional groups attached to an aromatic ring is 1. The number of hydrogen-bond acceptors (Lipinski definition) is 2. The van der Waals surface area contributed by atoms with Crippen LogP contribution in [0.3, 0.4) is 0 Å². The molecule has 0 saturated carbocycles. The van der Waals surface area contributed by atoms with E-state index in [1.165, 1.54) is 30.5 Å². The molecule has 0 amide bonds. The monoisotopic (exact) mass is 280 g/mol. The molecule has 1 fully saturated rings. The number of benzene rings is 2. The lowest BCUT2D eigenvalue weighted by molar-refractivity contribution is 0.233. The lowest BCUT2D eigenvalue weighted by Gasteiger charge is -2.25. The van der Waals surface area contributed by atoms with Gasteiger partial charge in [0.25, 0.3) is 0 Å². The molecule has 110 valence electrons. The Morgan fingerprint density at radius 3 is 2.57 bits per heavy atom. The molecule has 21 heavy (non-hydrogen) atoms. The molecule has 0 spiro atoms. The van der Waals surface area contributed by atoms with Gasteiger partial charge in [-0.3, -0.25) is 4.90 Å². The van der Waals surface area contributed by atoms with Crippen LogP contribution in [0.1, 0.15) is 24.5 Å². The first kappa shape index (κ1) is 14.2. The van der Waals surface area contributed by atoms with Crippen LogP contribution in [-0.4, -0.2) is 17.5 Å². The van der Waals surface area contributed by atoms with Crippen LogP contribution in [0.5, 0.6) is 0 Å². The fraction of sp³-hybridized carbons (Fsp3) is 0.368. The van der Waals surface area contributed by atoms with Crippen LogP contribution in [0.15, 0.2) is 54.6 Å². The summed E-state index contributed by atoms with van der Waals surface area (Å²) in [5.74, 6) is 0.758. The molecule has 2 aromatic rings. The van der Waals surface area contributed by atoms with Crippen molar-refractivity contribution in [3.05, 3.63) is 65.7 Å². The Balaban J connectivity index is 1.62. The Kier molecular flexibility index (Phi) is 4.26. The van der Waals surface area contributed by atoms with E-state index in [-0.39, 0.29) is 0 Å². The number of nitrogens with two attached hydrogens (primary N) is 1. The number of nitrogens with zero attached hydrogens (tertiary/aromatic N) is 1. The fourth-order valence-electron chi connectivity index (χ4n) is 3.41. The van der Waals surface area contributed by atoms with Gasteiger partial charge in [0.05, 0.1) is 0 Å². The van der Waals surface area contributed by atoms with E-state index >= 15 is 0 Å². The van der Waals surface area contributed by atoms with Gasteiger partial charge in [0.15, 0.2) is 0 Å². The molecule has 0 radical (unpaired) electrons. The van der Waals surface area contributed by atoms with Gasteiger partial charge in [0.2, 0.25) is 0 Å². The van der Waals surface area contributed by atoms with Crippen molar-refractivity contribution in [1.82, 2.24) is 4.90 Å². The van der Waals surface area contributed by atoms with Crippen molar-refractivity contribution in [2.75, 3.05) is 12.3 Å². The van der Waals surface area contributed by atoms with Crippen molar-refractivity contribution >= 4 is 5.69 Å². The van der Waals surface area contributed by atoms with E-state index in [0.717, 1.165) is 18.2 Å². The lowest BCUT2D eigenvalue weighted by atomic mass is 9.93. The molecule has 0 aromatic heterocycles. The molecule has 1 saturated heterocycles. The van der Waals surface area contributed by atoms with Crippen LogP contribution in [-0.2, 0) is 13.0 Å². The molecule has 2 N–H and O–H groups in total. The van der Waals surface area contributed by atoms with Crippen LogP contribution in [0, 0.1) is 5.92 Å². The Morgan fingerprint density at radius 1 is 1.05 bits per heavy atom. The summed E-state index contributed by atoms with van der Waals surface area (Å²) in [5, 5.41) is 0. The zero-order valence-electron chi connectivity index (χ0n) is 12.7. The highest BCUT2D eigenvalue weighted by atomic mass is 15.2. The highest BCUT2D eigenvalue weighted by Crippen LogP contribution is 2.29. The van der Waals surface area contributed by atoms with Crippen LogP contribution in [0.25, 0.3) is 0 Å². The third-order valence-electron chi connectivity index (χ3n) is 4.72. The second-order valence-corrected chi connectivity index (χ2v) is 6.19. The average molecular weight is 280 g/mol. The first-order valence-corrected chi connectivity index (χ1v) is 7.85. The first-order chi connectivity index (χ1) is 10.2. The molecule has 2 nitrogen and oxygen atoms in total. The van der Waals surface area contributed by atoms with E-state index in [4.69, 9.17) is 5.73 Å². The smallest absolute Gasteiger partial charge is 0.0317 e. The van der Waals surface area contributed by atoms with Crippen LogP contribution >= 0.6 is 0 Å². The third-order valence-corrected chi connectivity index (χ3v) is 4.72. The van der Waals surface area contributed by atoms with E-state index in [2.05, 4.69) is 54.3 Å². The van der Waals surface area contributed by atoms with Gasteiger partial charge in [-0.15, -0.1) is 0 Å². The van der Waals surface area contributed by atoms with Gasteiger partial charge in [0, 0.05) is 18.3 Å². The molecule has 0 bridgehead atoms. The van der Waals surface area contributed by atoms with Gasteiger partial charge in [0.1, 0.15) is 0 Å². The minimum Gasteiger partial charge on any atom is -0.399 e. The summed E-state index contributed by atoms with van der Waals surface area (Å²) < 4.78 is 0. The number of rotatable bonds is 4. The summed E-state index contributed by atoms with van der Waals surface area (Å²) in [6.07, 6.45) is 2.48. The summed E-state index contributed by atoms with van der Waals surface area (Å²) in [7, 11) is 0. The maximum absolute atomic E-state index is 5.88. The molecule has 1 heterocycles. The summed E-state index contributed by atoms with van der Waals surface area (Å²) in [6.45, 7) is 4.57. The molecular weight excluding hydrogens is 256 g/mol. The fourth-order valence-corrected chi connectivity index (χ4v) is 3.41. The summed E-state index contributed by atoms with van der Waals surface area (Å²) in [6, 6.07) is 19.8. The van der Waals surface area contributed by atoms with Gasteiger partial charge in [-0.1, -0.05) is 42.5 Å². The zero-order valence-corrected chi connectivity index (χ0v) is 12.7. The number of anilines is 1. The van der Waals surface area contributed by atoms with Crippen molar-refractivity contribution < 1.29 is 0 Å². The minimum absolute atomic E-state index is 0.631. The maximum Gasteiger partial charge on any atom is 0.0317 e. The van der Waals surface area contributed by atoms with Crippen LogP contribution < -0.4 is 5.73 Å². The van der Waals surface area contributed by atoms with Gasteiger partial charge < -0.3 is 5.73 Å². The van der Waals surface area contributed by atoms with Crippen molar-refractivity contribution in [1.29, 1.82) is 0 Å². The Morgan fingerprint density at radius 2 is 1.81 bits per heavy atom. The lowest BCUT2D eigenvalue weighted by Crippen LogP contribution is -2.30. The summed E-state index contributed by atoms with van der Waals surface area (Å²) in [4.78, 5) is 2.59. The van der Waals surface area contributed by atoms with E-state index in [9.17, 15) is 0 Å². The third kappa shape index (κ3) is 3.45. The molecule has 2 unspecified atom stereocenters. The van der Waals surface area contributed by atoms with Crippen LogP contribution in [0.2, 0.25) is 0 Å². The zero-order chi connectivity index (χ0) is 14.7. The summed E-state index contributed by atoms with van der Waals surface area (Å²) >= 11 is 0. The second kappa shape index (κ2) is 6.31. The number of hydrogen-bond donors (Lipinski definition) is 1. The number of likely N-dealkylation sites (tertiary alicyclic amines) is 1. The molecule has 2 heteroatoms. The van der Waals surface area contributed by atoms with Crippen LogP contribution in [0.4, 0.5) is 5.69 Å². The molecule has 2 aromatic carbocycles. The van der Waals surface area contributed by atoms with Crippen molar-refractivity contribution in [2.24, 2.45) is 5.92 Å². The molecule has 1 aliphatic rings. The largest absolute Gasteiger partial charge is 0.399 e. The highest BCUT2D eigenvalue weighted by molar-refractivity contribution is 5.40. The van der Waals surface area contributed by atoms with Crippen molar-refractivity contribution in [3.63, 3.8) is 0 Å². The minimum atomic E-state index is 0.631. The molecule has 3 rings (SSSR count). The maximum atomic E-state index is 5.88. The molecule has 0 aliphatic carbocycles. The van der Waals surface area contributed by atoms with Gasteiger partial charge in [-0.25, -0.2) is 0 Å². The Labute approximate surface area is 127 Å². The molecule has 2 atom stereocenters. The highest BCUT2D eigenvalue weighted by Gasteiger charge is 2.30. The topological polar surface area (TPSA) is 29.3 Å². The Hall–Kier alpha value is -1.80. The van der Waals surface area contributed by atoms with Gasteiger partial charge in [-0.05, 0) is 55.5 Å². The van der Waals surface area contributed by atoms with E-state index in [1.54, 1.807) is 0 Å². The predicted octanol–water partition coefficient (Wildman–Crippen LogP) is 3.72. The first-order valence-electron chi connectivity index (χ1n) is 7.85. The Bertz CT molecular complexity index is 579. The molecular formula is C19H24N2. The predicted molar refractivity (Wildman–Crippen MR) is 89.0 cm³/mol. The van der Waals surface area contributed by atoms with Crippen molar-refractivity contribution in [3.8, 4) is 0 Å². The quantitative estimate of drug-likeness (QED) is 0.865. The van der Waals surface area contributed by atoms with Gasteiger partial charge >= 0.3 is 0 Å². The standard InChI is InChI=1S/C19H24N2/c1-15-18(12-16-6-3-2-4-7-16)10-11-21(15)14-17-8-5-9-19(20)13-17/h2-9,13,15,18H,10-12,14,20H2,1H3. The molecule has 1 aliphatic heterocycles. The van der Waals surface area contributed by atoms with E-state index in [0.29, 0.717) is 6.04 Å². The van der Waals surface area contributed by atoms with Crippen molar-refractivity contribution in [2.45, 2.75) is 32.4 Å². The normalized spacial score (nSPS) is 22.5. The van der Waals surface area contributed by atoms with E-state index in [1.807, 2.05) is 12.1 Å². The average Bonchev–Trinajstić information content (AvgIpc) is 2.82. The SMILES string of the molecule is CC1C(Cc2ccccc2)CCN1Cc1cccc(N)c1. The second-order valence-electron chi connectivity index (χ2n) is 6.19. The van der Waals surface area contributed by atoms with E-state index < -0.39 is 0 Å².